The van der Waals surface area contributed by atoms with E-state index in [0.29, 0.717) is 11.7 Å². The van der Waals surface area contributed by atoms with Crippen molar-refractivity contribution < 1.29 is 8.42 Å². The number of hydrogen-bond donors (Lipinski definition) is 1. The zero-order valence-electron chi connectivity index (χ0n) is 12.8. The summed E-state index contributed by atoms with van der Waals surface area (Å²) >= 11 is 0. The van der Waals surface area contributed by atoms with E-state index in [0.717, 1.165) is 51.5 Å². The summed E-state index contributed by atoms with van der Waals surface area (Å²) in [7, 11) is -2.88. The highest BCUT2D eigenvalue weighted by atomic mass is 32.2. The lowest BCUT2D eigenvalue weighted by Crippen LogP contribution is -2.47. The third-order valence-electron chi connectivity index (χ3n) is 4.48. The van der Waals surface area contributed by atoms with Crippen molar-refractivity contribution in [3.63, 3.8) is 0 Å². The van der Waals surface area contributed by atoms with Crippen molar-refractivity contribution in [2.75, 3.05) is 12.3 Å². The predicted octanol–water partition coefficient (Wildman–Crippen LogP) is 3.15. The second-order valence-corrected chi connectivity index (χ2v) is 8.22. The van der Waals surface area contributed by atoms with Gasteiger partial charge in [-0.15, -0.1) is 0 Å². The lowest BCUT2D eigenvalue weighted by molar-refractivity contribution is 0.340. The Morgan fingerprint density at radius 1 is 1.16 bits per heavy atom. The molecule has 0 aromatic rings. The summed E-state index contributed by atoms with van der Waals surface area (Å²) in [5.74, 6) is 1.04. The van der Waals surface area contributed by atoms with Crippen molar-refractivity contribution in [3.05, 3.63) is 0 Å². The molecule has 19 heavy (non-hydrogen) atoms. The van der Waals surface area contributed by atoms with E-state index in [1.54, 1.807) is 0 Å². The largest absolute Gasteiger partial charge is 0.313 e. The topological polar surface area (TPSA) is 46.2 Å². The van der Waals surface area contributed by atoms with Gasteiger partial charge in [0.1, 0.15) is 0 Å². The van der Waals surface area contributed by atoms with Gasteiger partial charge in [0.2, 0.25) is 0 Å². The van der Waals surface area contributed by atoms with Gasteiger partial charge in [-0.2, -0.15) is 0 Å². The quantitative estimate of drug-likeness (QED) is 0.746. The van der Waals surface area contributed by atoms with Gasteiger partial charge in [-0.05, 0) is 38.1 Å². The molecular formula is C15H31NO2S. The molecule has 1 heterocycles. The Morgan fingerprint density at radius 2 is 1.84 bits per heavy atom. The fourth-order valence-electron chi connectivity index (χ4n) is 3.11. The maximum Gasteiger partial charge on any atom is 0.154 e. The Kier molecular flexibility index (Phi) is 7.37. The van der Waals surface area contributed by atoms with Crippen LogP contribution < -0.4 is 5.32 Å². The molecule has 0 saturated carbocycles. The average Bonchev–Trinajstić information content (AvgIpc) is 2.39. The highest BCUT2D eigenvalue weighted by Gasteiger charge is 2.35. The molecule has 0 aromatic heterocycles. The van der Waals surface area contributed by atoms with Crippen LogP contribution in [0.2, 0.25) is 0 Å². The second-order valence-electron chi connectivity index (χ2n) is 5.88. The van der Waals surface area contributed by atoms with Gasteiger partial charge in [-0.1, -0.05) is 40.0 Å². The molecule has 1 N–H and O–H groups in total. The van der Waals surface area contributed by atoms with Gasteiger partial charge in [-0.3, -0.25) is 0 Å². The summed E-state index contributed by atoms with van der Waals surface area (Å²) < 4.78 is 24.6. The van der Waals surface area contributed by atoms with Crippen molar-refractivity contribution in [2.45, 2.75) is 77.0 Å². The van der Waals surface area contributed by atoms with Gasteiger partial charge in [0.25, 0.3) is 0 Å². The van der Waals surface area contributed by atoms with Crippen molar-refractivity contribution in [1.29, 1.82) is 0 Å². The normalized spacial score (nSPS) is 24.5. The van der Waals surface area contributed by atoms with E-state index in [9.17, 15) is 8.42 Å². The number of hydrogen-bond acceptors (Lipinski definition) is 3. The maximum atomic E-state index is 12.3. The fraction of sp³-hybridized carbons (Fsp3) is 1.00. The monoisotopic (exact) mass is 289 g/mol. The molecule has 0 radical (unpaired) electrons. The second kappa shape index (κ2) is 8.25. The molecule has 2 atom stereocenters. The van der Waals surface area contributed by atoms with E-state index in [1.165, 1.54) is 0 Å². The molecule has 1 fully saturated rings. The van der Waals surface area contributed by atoms with Crippen LogP contribution in [0.15, 0.2) is 0 Å². The van der Waals surface area contributed by atoms with Gasteiger partial charge in [0.15, 0.2) is 9.84 Å². The van der Waals surface area contributed by atoms with Gasteiger partial charge >= 0.3 is 0 Å². The first-order chi connectivity index (χ1) is 9.05. The highest BCUT2D eigenvalue weighted by Crippen LogP contribution is 2.27. The molecule has 0 aliphatic carbocycles. The summed E-state index contributed by atoms with van der Waals surface area (Å²) in [6, 6.07) is 0.162. The van der Waals surface area contributed by atoms with E-state index in [-0.39, 0.29) is 11.3 Å². The summed E-state index contributed by atoms with van der Waals surface area (Å²) in [4.78, 5) is 0. The number of rotatable bonds is 8. The molecule has 2 unspecified atom stereocenters. The summed E-state index contributed by atoms with van der Waals surface area (Å²) in [6.07, 6.45) is 7.13. The van der Waals surface area contributed by atoms with Crippen LogP contribution >= 0.6 is 0 Å². The fourth-order valence-corrected chi connectivity index (χ4v) is 5.25. The zero-order chi connectivity index (χ0) is 14.3. The van der Waals surface area contributed by atoms with Crippen LogP contribution in [0.3, 0.4) is 0 Å². The minimum absolute atomic E-state index is 0.145. The highest BCUT2D eigenvalue weighted by molar-refractivity contribution is 7.92. The van der Waals surface area contributed by atoms with E-state index < -0.39 is 9.84 Å². The summed E-state index contributed by atoms with van der Waals surface area (Å²) in [5, 5.41) is 3.37. The molecule has 114 valence electrons. The Balaban J connectivity index is 2.76. The van der Waals surface area contributed by atoms with Crippen LogP contribution in [0.1, 0.15) is 65.7 Å². The summed E-state index contributed by atoms with van der Waals surface area (Å²) in [5.41, 5.74) is 0. The Morgan fingerprint density at radius 3 is 2.37 bits per heavy atom. The number of sulfone groups is 1. The Hall–Kier alpha value is -0.0900. The van der Waals surface area contributed by atoms with Crippen molar-refractivity contribution in [2.24, 2.45) is 5.92 Å². The third kappa shape index (κ3) is 5.07. The summed E-state index contributed by atoms with van der Waals surface area (Å²) in [6.45, 7) is 7.48. The molecule has 4 heteroatoms. The average molecular weight is 289 g/mol. The molecular weight excluding hydrogens is 258 g/mol. The van der Waals surface area contributed by atoms with E-state index >= 15 is 0 Å². The van der Waals surface area contributed by atoms with Crippen LogP contribution in [-0.4, -0.2) is 32.0 Å². The van der Waals surface area contributed by atoms with Crippen molar-refractivity contribution >= 4 is 9.84 Å². The van der Waals surface area contributed by atoms with Crippen LogP contribution in [0.5, 0.6) is 0 Å². The molecule has 1 saturated heterocycles. The van der Waals surface area contributed by atoms with E-state index in [4.69, 9.17) is 0 Å². The lowest BCUT2D eigenvalue weighted by atomic mass is 9.91. The van der Waals surface area contributed by atoms with Crippen LogP contribution in [0.25, 0.3) is 0 Å². The van der Waals surface area contributed by atoms with Crippen LogP contribution in [-0.2, 0) is 9.84 Å². The maximum absolute atomic E-state index is 12.3. The molecule has 3 nitrogen and oxygen atoms in total. The van der Waals surface area contributed by atoms with Crippen molar-refractivity contribution in [3.8, 4) is 0 Å². The molecule has 0 bridgehead atoms. The minimum atomic E-state index is -2.88. The molecule has 0 aromatic carbocycles. The molecule has 1 rings (SSSR count). The van der Waals surface area contributed by atoms with E-state index in [2.05, 4.69) is 26.1 Å². The smallest absolute Gasteiger partial charge is 0.154 e. The molecule has 1 aliphatic heterocycles. The zero-order valence-corrected chi connectivity index (χ0v) is 13.6. The first-order valence-corrected chi connectivity index (χ1v) is 9.71. The minimum Gasteiger partial charge on any atom is -0.313 e. The standard InChI is InChI=1S/C15H31NO2S/c1-4-10-16-14(12-13(5-2)6-3)15-9-7-8-11-19(15,17)18/h13-16H,4-12H2,1-3H3. The predicted molar refractivity (Wildman–Crippen MR) is 82.2 cm³/mol. The van der Waals surface area contributed by atoms with E-state index in [1.807, 2.05) is 0 Å². The van der Waals surface area contributed by atoms with Gasteiger partial charge in [0.05, 0.1) is 11.0 Å². The van der Waals surface area contributed by atoms with Crippen molar-refractivity contribution in [1.82, 2.24) is 5.32 Å². The Bertz CT molecular complexity index is 336. The SMILES string of the molecule is CCCNC(CC(CC)CC)C1CCCCS1(=O)=O. The van der Waals surface area contributed by atoms with Gasteiger partial charge in [-0.25, -0.2) is 8.42 Å². The lowest BCUT2D eigenvalue weighted by Gasteiger charge is -2.33. The molecule has 1 aliphatic rings. The number of nitrogens with one attached hydrogen (secondary N) is 1. The molecule has 0 amide bonds. The first-order valence-electron chi connectivity index (χ1n) is 8.00. The Labute approximate surface area is 119 Å². The van der Waals surface area contributed by atoms with Crippen LogP contribution in [0, 0.1) is 5.92 Å². The molecule has 0 spiro atoms. The van der Waals surface area contributed by atoms with Crippen LogP contribution in [0.4, 0.5) is 0 Å². The first kappa shape index (κ1) is 17.0. The van der Waals surface area contributed by atoms with Gasteiger partial charge < -0.3 is 5.32 Å². The third-order valence-corrected chi connectivity index (χ3v) is 6.82. The van der Waals surface area contributed by atoms with Gasteiger partial charge in [0, 0.05) is 6.04 Å².